The summed E-state index contributed by atoms with van der Waals surface area (Å²) in [6.07, 6.45) is 0.939. The number of methoxy groups -OCH3 is 1. The van der Waals surface area contributed by atoms with E-state index in [1.54, 1.807) is 0 Å². The highest BCUT2D eigenvalue weighted by Crippen LogP contribution is 2.45. The number of ether oxygens (including phenoxy) is 2. The molecule has 0 bridgehead atoms. The van der Waals surface area contributed by atoms with E-state index in [0.29, 0.717) is 29.7 Å². The monoisotopic (exact) mass is 489 g/mol. The lowest BCUT2D eigenvalue weighted by Crippen LogP contribution is -2.43. The van der Waals surface area contributed by atoms with Gasteiger partial charge < -0.3 is 14.8 Å². The minimum Gasteiger partial charge on any atom is -0.468 e. The van der Waals surface area contributed by atoms with Crippen LogP contribution in [0.15, 0.2) is 51.3 Å². The van der Waals surface area contributed by atoms with Gasteiger partial charge in [-0.2, -0.15) is 0 Å². The Morgan fingerprint density at radius 3 is 2.65 bits per heavy atom. The summed E-state index contributed by atoms with van der Waals surface area (Å²) < 4.78 is 11.4. The van der Waals surface area contributed by atoms with Gasteiger partial charge in [0.2, 0.25) is 0 Å². The average molecular weight is 490 g/mol. The van der Waals surface area contributed by atoms with Gasteiger partial charge in [0.25, 0.3) is 0 Å². The summed E-state index contributed by atoms with van der Waals surface area (Å²) in [6.45, 7) is 7.47. The molecule has 4 atom stereocenters. The van der Waals surface area contributed by atoms with Crippen molar-refractivity contribution in [1.82, 2.24) is 5.32 Å². The Morgan fingerprint density at radius 1 is 1.32 bits per heavy atom. The maximum atomic E-state index is 13.6. The highest BCUT2D eigenvalue weighted by molar-refractivity contribution is 9.10. The maximum Gasteiger partial charge on any atom is 0.337 e. The molecule has 0 saturated carbocycles. The molecular weight excluding hydrogens is 462 g/mol. The molecule has 0 aromatic heterocycles. The van der Waals surface area contributed by atoms with Crippen LogP contribution in [-0.2, 0) is 23.9 Å². The number of esters is 2. The highest BCUT2D eigenvalue weighted by Gasteiger charge is 2.47. The minimum atomic E-state index is -0.898. The van der Waals surface area contributed by atoms with Crippen molar-refractivity contribution >= 4 is 33.7 Å². The molecule has 0 fully saturated rings. The van der Waals surface area contributed by atoms with E-state index >= 15 is 0 Å². The predicted octanol–water partition coefficient (Wildman–Crippen LogP) is 4.40. The number of nitrogens with one attached hydrogen (secondary N) is 1. The van der Waals surface area contributed by atoms with Crippen molar-refractivity contribution in [1.29, 1.82) is 0 Å². The van der Waals surface area contributed by atoms with E-state index in [9.17, 15) is 14.4 Å². The van der Waals surface area contributed by atoms with Gasteiger partial charge in [0.1, 0.15) is 5.92 Å². The molecule has 1 aromatic carbocycles. The molecular formula is C24H28BrNO5. The van der Waals surface area contributed by atoms with E-state index in [4.69, 9.17) is 9.47 Å². The molecule has 6 nitrogen and oxygen atoms in total. The fourth-order valence-corrected chi connectivity index (χ4v) is 4.72. The van der Waals surface area contributed by atoms with Gasteiger partial charge in [-0.15, -0.1) is 0 Å². The molecule has 1 aliphatic carbocycles. The molecule has 1 aliphatic heterocycles. The summed E-state index contributed by atoms with van der Waals surface area (Å²) >= 11 is 3.49. The van der Waals surface area contributed by atoms with Gasteiger partial charge >= 0.3 is 11.9 Å². The van der Waals surface area contributed by atoms with Crippen LogP contribution in [-0.4, -0.2) is 30.9 Å². The molecule has 0 amide bonds. The van der Waals surface area contributed by atoms with E-state index in [1.807, 2.05) is 52.0 Å². The smallest absolute Gasteiger partial charge is 0.337 e. The molecule has 1 N–H and O–H groups in total. The van der Waals surface area contributed by atoms with Gasteiger partial charge in [-0.05, 0) is 50.3 Å². The van der Waals surface area contributed by atoms with Gasteiger partial charge in [-0.1, -0.05) is 41.9 Å². The first-order chi connectivity index (χ1) is 14.7. The number of dihydropyridines is 1. The second kappa shape index (κ2) is 9.39. The first-order valence-corrected chi connectivity index (χ1v) is 11.3. The molecule has 1 heterocycles. The number of carbonyl (C=O) groups is 3. The predicted molar refractivity (Wildman–Crippen MR) is 120 cm³/mol. The number of allylic oxidation sites excluding steroid dienone is 3. The van der Waals surface area contributed by atoms with Crippen LogP contribution in [0.3, 0.4) is 0 Å². The van der Waals surface area contributed by atoms with Crippen LogP contribution in [0.25, 0.3) is 0 Å². The van der Waals surface area contributed by atoms with Crippen LogP contribution >= 0.6 is 15.9 Å². The number of rotatable bonds is 5. The molecule has 166 valence electrons. The zero-order valence-electron chi connectivity index (χ0n) is 18.5. The third-order valence-corrected chi connectivity index (χ3v) is 6.52. The molecule has 3 rings (SSSR count). The van der Waals surface area contributed by atoms with E-state index in [1.165, 1.54) is 7.11 Å². The number of benzene rings is 1. The summed E-state index contributed by atoms with van der Waals surface area (Å²) in [5.74, 6) is -3.05. The Kier molecular flexibility index (Phi) is 7.04. The Labute approximate surface area is 191 Å². The first-order valence-electron chi connectivity index (χ1n) is 10.5. The zero-order valence-corrected chi connectivity index (χ0v) is 20.0. The summed E-state index contributed by atoms with van der Waals surface area (Å²) in [6, 6.07) is 7.52. The first kappa shape index (κ1) is 23.3. The van der Waals surface area contributed by atoms with Crippen molar-refractivity contribution in [2.24, 2.45) is 11.8 Å². The number of carbonyl (C=O) groups excluding carboxylic acids is 3. The summed E-state index contributed by atoms with van der Waals surface area (Å²) in [7, 11) is 1.29. The number of hydrogen-bond acceptors (Lipinski definition) is 6. The van der Waals surface area contributed by atoms with Crippen LogP contribution in [0, 0.1) is 11.8 Å². The summed E-state index contributed by atoms with van der Waals surface area (Å²) in [5, 5.41) is 3.27. The van der Waals surface area contributed by atoms with Crippen molar-refractivity contribution in [3.05, 3.63) is 56.8 Å². The molecule has 31 heavy (non-hydrogen) atoms. The zero-order chi connectivity index (χ0) is 22.9. The quantitative estimate of drug-likeness (QED) is 0.487. The van der Waals surface area contributed by atoms with E-state index in [2.05, 4.69) is 21.2 Å². The minimum absolute atomic E-state index is 0.212. The molecule has 0 spiro atoms. The van der Waals surface area contributed by atoms with E-state index in [-0.39, 0.29) is 17.8 Å². The molecule has 1 aromatic rings. The normalized spacial score (nSPS) is 24.3. The molecule has 0 unspecified atom stereocenters. The Bertz CT molecular complexity index is 980. The second-order valence-electron chi connectivity index (χ2n) is 8.21. The largest absolute Gasteiger partial charge is 0.468 e. The second-order valence-corrected chi connectivity index (χ2v) is 9.13. The fourth-order valence-electron chi connectivity index (χ4n) is 4.30. The van der Waals surface area contributed by atoms with Crippen molar-refractivity contribution in [3.63, 3.8) is 0 Å². The van der Waals surface area contributed by atoms with Crippen LogP contribution in [0.2, 0.25) is 0 Å². The Morgan fingerprint density at radius 2 is 2.03 bits per heavy atom. The fraction of sp³-hybridized carbons (Fsp3) is 0.458. The standard InChI is InChI=1S/C24H28BrNO5/c1-6-13(3)31-24(29)19-14(4)26-17-10-12(2)18(23(28)30-5)22(27)21(17)20(19)15-8-7-9-16(25)11-15/h7-9,11-13,18,20,26H,6,10H2,1-5H3/t12-,13-,18+,20-/m0/s1. The molecule has 0 saturated heterocycles. The third kappa shape index (κ3) is 4.47. The molecule has 2 aliphatic rings. The van der Waals surface area contributed by atoms with Crippen LogP contribution in [0.5, 0.6) is 0 Å². The summed E-state index contributed by atoms with van der Waals surface area (Å²) in [4.78, 5) is 39.2. The molecule has 7 heteroatoms. The van der Waals surface area contributed by atoms with Gasteiger partial charge in [-0.25, -0.2) is 4.79 Å². The van der Waals surface area contributed by atoms with E-state index < -0.39 is 23.8 Å². The van der Waals surface area contributed by atoms with Crippen LogP contribution in [0.4, 0.5) is 0 Å². The molecule has 0 radical (unpaired) electrons. The van der Waals surface area contributed by atoms with Crippen molar-refractivity contribution < 1.29 is 23.9 Å². The van der Waals surface area contributed by atoms with Gasteiger partial charge in [0.15, 0.2) is 5.78 Å². The topological polar surface area (TPSA) is 81.7 Å². The summed E-state index contributed by atoms with van der Waals surface area (Å²) in [5.41, 5.74) is 3.02. The van der Waals surface area contributed by atoms with Crippen molar-refractivity contribution in [3.8, 4) is 0 Å². The van der Waals surface area contributed by atoms with Crippen LogP contribution < -0.4 is 5.32 Å². The number of ketones is 1. The average Bonchev–Trinajstić information content (AvgIpc) is 2.72. The lowest BCUT2D eigenvalue weighted by molar-refractivity contribution is -0.151. The lowest BCUT2D eigenvalue weighted by atomic mass is 9.69. The van der Waals surface area contributed by atoms with Crippen molar-refractivity contribution in [2.45, 2.75) is 52.6 Å². The number of Topliss-reactive ketones (excluding diaryl/α,β-unsaturated/α-hetero) is 1. The third-order valence-electron chi connectivity index (χ3n) is 6.03. The van der Waals surface area contributed by atoms with Crippen molar-refractivity contribution in [2.75, 3.05) is 7.11 Å². The Hall–Kier alpha value is -2.41. The SMILES string of the molecule is CC[C@H](C)OC(=O)C1=C(C)NC2=C(C(=O)[C@H](C(=O)OC)[C@@H](C)C2)[C@H]1c1cccc(Br)c1. The number of hydrogen-bond donors (Lipinski definition) is 1. The lowest BCUT2D eigenvalue weighted by Gasteiger charge is -2.38. The van der Waals surface area contributed by atoms with E-state index in [0.717, 1.165) is 15.7 Å². The van der Waals surface area contributed by atoms with Gasteiger partial charge in [0, 0.05) is 27.4 Å². The Balaban J connectivity index is 2.17. The number of halogens is 1. The van der Waals surface area contributed by atoms with Gasteiger partial charge in [0.05, 0.1) is 18.8 Å². The van der Waals surface area contributed by atoms with Gasteiger partial charge in [-0.3, -0.25) is 9.59 Å². The van der Waals surface area contributed by atoms with Crippen LogP contribution in [0.1, 0.15) is 52.0 Å². The maximum absolute atomic E-state index is 13.6. The highest BCUT2D eigenvalue weighted by atomic mass is 79.9.